The van der Waals surface area contributed by atoms with E-state index < -0.39 is 5.97 Å². The van der Waals surface area contributed by atoms with Gasteiger partial charge in [0.1, 0.15) is 5.75 Å². The minimum atomic E-state index is -0.939. The maximum Gasteiger partial charge on any atom is 0.303 e. The van der Waals surface area contributed by atoms with Crippen molar-refractivity contribution in [3.8, 4) is 5.75 Å². The maximum absolute atomic E-state index is 12.0. The van der Waals surface area contributed by atoms with E-state index in [4.69, 9.17) is 16.7 Å². The highest BCUT2D eigenvalue weighted by Gasteiger charge is 2.17. The van der Waals surface area contributed by atoms with Crippen LogP contribution in [-0.4, -0.2) is 22.0 Å². The SMILES string of the molecule is CC(C)c1cc(Cl)cc(C(=O)CCCC(=O)O)c1O. The molecular formula is C14H17ClO4. The van der Waals surface area contributed by atoms with Crippen molar-refractivity contribution in [2.75, 3.05) is 0 Å². The van der Waals surface area contributed by atoms with Gasteiger partial charge in [0.15, 0.2) is 5.78 Å². The number of Topliss-reactive ketones (excluding diaryl/α,β-unsaturated/α-hetero) is 1. The number of carbonyl (C=O) groups excluding carboxylic acids is 1. The number of ketones is 1. The minimum absolute atomic E-state index is 0.0456. The number of hydrogen-bond acceptors (Lipinski definition) is 3. The van der Waals surface area contributed by atoms with Gasteiger partial charge in [0.05, 0.1) is 5.56 Å². The fraction of sp³-hybridized carbons (Fsp3) is 0.429. The molecule has 0 heterocycles. The van der Waals surface area contributed by atoms with Gasteiger partial charge < -0.3 is 10.2 Å². The first-order valence-corrected chi connectivity index (χ1v) is 6.48. The highest BCUT2D eigenvalue weighted by Crippen LogP contribution is 2.33. The molecule has 5 heteroatoms. The van der Waals surface area contributed by atoms with E-state index in [0.29, 0.717) is 10.6 Å². The molecule has 0 bridgehead atoms. The summed E-state index contributed by atoms with van der Waals surface area (Å²) in [6, 6.07) is 3.06. The van der Waals surface area contributed by atoms with E-state index in [1.165, 1.54) is 6.07 Å². The monoisotopic (exact) mass is 284 g/mol. The molecule has 0 aliphatic carbocycles. The summed E-state index contributed by atoms with van der Waals surface area (Å²) < 4.78 is 0. The lowest BCUT2D eigenvalue weighted by Gasteiger charge is -2.12. The van der Waals surface area contributed by atoms with Crippen molar-refractivity contribution in [2.24, 2.45) is 0 Å². The zero-order valence-corrected chi connectivity index (χ0v) is 11.7. The van der Waals surface area contributed by atoms with Crippen LogP contribution in [0.4, 0.5) is 0 Å². The van der Waals surface area contributed by atoms with E-state index in [0.717, 1.165) is 0 Å². The molecule has 19 heavy (non-hydrogen) atoms. The molecule has 0 aliphatic rings. The standard InChI is InChI=1S/C14H17ClO4/c1-8(2)10-6-9(15)7-11(14(10)19)12(16)4-3-5-13(17)18/h6-8,19H,3-5H2,1-2H3,(H,17,18). The lowest BCUT2D eigenvalue weighted by atomic mass is 9.96. The molecule has 0 saturated heterocycles. The number of halogens is 1. The first-order valence-electron chi connectivity index (χ1n) is 6.10. The molecule has 0 spiro atoms. The summed E-state index contributed by atoms with van der Waals surface area (Å²) in [7, 11) is 0. The predicted octanol–water partition coefficient (Wildman–Crippen LogP) is 3.61. The Hall–Kier alpha value is -1.55. The number of carboxylic acid groups (broad SMARTS) is 1. The molecule has 0 fully saturated rings. The van der Waals surface area contributed by atoms with E-state index in [9.17, 15) is 14.7 Å². The number of phenols is 1. The van der Waals surface area contributed by atoms with Gasteiger partial charge in [0.2, 0.25) is 0 Å². The largest absolute Gasteiger partial charge is 0.507 e. The van der Waals surface area contributed by atoms with Gasteiger partial charge in [0.25, 0.3) is 0 Å². The van der Waals surface area contributed by atoms with Gasteiger partial charge in [-0.05, 0) is 30.0 Å². The van der Waals surface area contributed by atoms with Crippen molar-refractivity contribution in [1.29, 1.82) is 0 Å². The number of hydrogen-bond donors (Lipinski definition) is 2. The lowest BCUT2D eigenvalue weighted by molar-refractivity contribution is -0.137. The number of carboxylic acids is 1. The summed E-state index contributed by atoms with van der Waals surface area (Å²) >= 11 is 5.94. The number of carbonyl (C=O) groups is 2. The van der Waals surface area contributed by atoms with Gasteiger partial charge >= 0.3 is 5.97 Å². The molecule has 1 aromatic rings. The van der Waals surface area contributed by atoms with Crippen molar-refractivity contribution in [1.82, 2.24) is 0 Å². The average Bonchev–Trinajstić information content (AvgIpc) is 2.30. The second-order valence-corrected chi connectivity index (χ2v) is 5.15. The summed E-state index contributed by atoms with van der Waals surface area (Å²) in [5.74, 6) is -1.24. The predicted molar refractivity (Wildman–Crippen MR) is 73.0 cm³/mol. The molecule has 1 rings (SSSR count). The molecule has 0 saturated carbocycles. The lowest BCUT2D eigenvalue weighted by Crippen LogP contribution is -2.04. The maximum atomic E-state index is 12.0. The highest BCUT2D eigenvalue weighted by atomic mass is 35.5. The van der Waals surface area contributed by atoms with Crippen LogP contribution in [0.25, 0.3) is 0 Å². The third kappa shape index (κ3) is 4.24. The Morgan fingerprint density at radius 3 is 2.42 bits per heavy atom. The Bertz CT molecular complexity index is 494. The molecule has 0 radical (unpaired) electrons. The summed E-state index contributed by atoms with van der Waals surface area (Å²) in [5.41, 5.74) is 0.788. The Balaban J connectivity index is 2.93. The molecule has 0 aromatic heterocycles. The van der Waals surface area contributed by atoms with Crippen LogP contribution in [-0.2, 0) is 4.79 Å². The number of rotatable bonds is 6. The van der Waals surface area contributed by atoms with E-state index in [-0.39, 0.29) is 42.3 Å². The number of aromatic hydroxyl groups is 1. The molecule has 4 nitrogen and oxygen atoms in total. The van der Waals surface area contributed by atoms with Crippen LogP contribution in [0.5, 0.6) is 5.75 Å². The van der Waals surface area contributed by atoms with Crippen molar-refractivity contribution >= 4 is 23.4 Å². The van der Waals surface area contributed by atoms with Crippen molar-refractivity contribution in [3.63, 3.8) is 0 Å². The average molecular weight is 285 g/mol. The van der Waals surface area contributed by atoms with Crippen LogP contribution in [0.15, 0.2) is 12.1 Å². The fourth-order valence-electron chi connectivity index (χ4n) is 1.81. The van der Waals surface area contributed by atoms with E-state index in [1.54, 1.807) is 6.07 Å². The van der Waals surface area contributed by atoms with Crippen molar-refractivity contribution < 1.29 is 19.8 Å². The molecule has 104 valence electrons. The first-order chi connectivity index (χ1) is 8.82. The van der Waals surface area contributed by atoms with Gasteiger partial charge in [-0.2, -0.15) is 0 Å². The number of benzene rings is 1. The number of phenolic OH excluding ortho intramolecular Hbond substituents is 1. The Morgan fingerprint density at radius 2 is 1.89 bits per heavy atom. The Labute approximate surface area is 117 Å². The molecule has 2 N–H and O–H groups in total. The van der Waals surface area contributed by atoms with Gasteiger partial charge in [-0.25, -0.2) is 0 Å². The summed E-state index contributed by atoms with van der Waals surface area (Å²) in [6.07, 6.45) is 0.263. The van der Waals surface area contributed by atoms with E-state index in [1.807, 2.05) is 13.8 Å². The van der Waals surface area contributed by atoms with Crippen LogP contribution >= 0.6 is 11.6 Å². The quantitative estimate of drug-likeness (QED) is 0.783. The van der Waals surface area contributed by atoms with Crippen molar-refractivity contribution in [2.45, 2.75) is 39.0 Å². The van der Waals surface area contributed by atoms with E-state index in [2.05, 4.69) is 0 Å². The van der Waals surface area contributed by atoms with Gasteiger partial charge in [-0.15, -0.1) is 0 Å². The zero-order valence-electron chi connectivity index (χ0n) is 10.9. The van der Waals surface area contributed by atoms with Crippen molar-refractivity contribution in [3.05, 3.63) is 28.3 Å². The van der Waals surface area contributed by atoms with Gasteiger partial charge in [-0.3, -0.25) is 9.59 Å². The smallest absolute Gasteiger partial charge is 0.303 e. The molecule has 0 aliphatic heterocycles. The number of aliphatic carboxylic acids is 1. The van der Waals surface area contributed by atoms with Crippen LogP contribution in [0.1, 0.15) is 54.9 Å². The van der Waals surface area contributed by atoms with Gasteiger partial charge in [0, 0.05) is 17.9 Å². The van der Waals surface area contributed by atoms with Crippen LogP contribution < -0.4 is 0 Å². The molecule has 0 atom stereocenters. The summed E-state index contributed by atoms with van der Waals surface area (Å²) in [6.45, 7) is 3.79. The van der Waals surface area contributed by atoms with E-state index >= 15 is 0 Å². The third-order valence-electron chi connectivity index (χ3n) is 2.82. The second kappa shape index (κ2) is 6.57. The Morgan fingerprint density at radius 1 is 1.26 bits per heavy atom. The van der Waals surface area contributed by atoms with Crippen LogP contribution in [0, 0.1) is 0 Å². The second-order valence-electron chi connectivity index (χ2n) is 4.72. The Kier molecular flexibility index (Phi) is 5.36. The molecule has 1 aromatic carbocycles. The topological polar surface area (TPSA) is 74.6 Å². The molecule has 0 unspecified atom stereocenters. The summed E-state index contributed by atoms with van der Waals surface area (Å²) in [5, 5.41) is 19.0. The van der Waals surface area contributed by atoms with Crippen LogP contribution in [0.3, 0.4) is 0 Å². The highest BCUT2D eigenvalue weighted by molar-refractivity contribution is 6.31. The minimum Gasteiger partial charge on any atom is -0.507 e. The molecular weight excluding hydrogens is 268 g/mol. The zero-order chi connectivity index (χ0) is 14.6. The summed E-state index contributed by atoms with van der Waals surface area (Å²) in [4.78, 5) is 22.4. The molecule has 0 amide bonds. The third-order valence-corrected chi connectivity index (χ3v) is 3.04. The fourth-order valence-corrected chi connectivity index (χ4v) is 2.03. The normalized spacial score (nSPS) is 10.7. The first kappa shape index (κ1) is 15.5. The van der Waals surface area contributed by atoms with Gasteiger partial charge in [-0.1, -0.05) is 25.4 Å². The van der Waals surface area contributed by atoms with Crippen LogP contribution in [0.2, 0.25) is 5.02 Å².